The molecule has 0 aromatic carbocycles. The van der Waals surface area contributed by atoms with Crippen molar-refractivity contribution in [3.63, 3.8) is 0 Å². The predicted octanol–water partition coefficient (Wildman–Crippen LogP) is 2.45. The normalized spacial score (nSPS) is 21.7. The van der Waals surface area contributed by atoms with Gasteiger partial charge in [-0.3, -0.25) is 9.59 Å². The molecule has 1 amide bonds. The van der Waals surface area contributed by atoms with Crippen molar-refractivity contribution in [3.8, 4) is 0 Å². The molecular formula is C16H22N2O3S. The summed E-state index contributed by atoms with van der Waals surface area (Å²) in [7, 11) is 0. The van der Waals surface area contributed by atoms with Crippen molar-refractivity contribution >= 4 is 23.2 Å². The summed E-state index contributed by atoms with van der Waals surface area (Å²) >= 11 is 1.57. The molecule has 1 aromatic rings. The van der Waals surface area contributed by atoms with E-state index in [1.165, 1.54) is 0 Å². The summed E-state index contributed by atoms with van der Waals surface area (Å²) in [6, 6.07) is 0. The molecule has 0 radical (unpaired) electrons. The van der Waals surface area contributed by atoms with E-state index in [4.69, 9.17) is 4.74 Å². The Balaban J connectivity index is 1.51. The van der Waals surface area contributed by atoms with Gasteiger partial charge >= 0.3 is 5.97 Å². The molecule has 1 unspecified atom stereocenters. The van der Waals surface area contributed by atoms with Crippen LogP contribution in [-0.2, 0) is 20.9 Å². The molecule has 0 N–H and O–H groups in total. The van der Waals surface area contributed by atoms with Crippen LogP contribution in [0, 0.1) is 25.7 Å². The van der Waals surface area contributed by atoms with E-state index in [2.05, 4.69) is 4.98 Å². The first-order valence-electron chi connectivity index (χ1n) is 7.93. The summed E-state index contributed by atoms with van der Waals surface area (Å²) in [5.74, 6) is 0.0668. The van der Waals surface area contributed by atoms with E-state index in [1.54, 1.807) is 11.3 Å². The molecule has 1 aliphatic carbocycles. The Morgan fingerprint density at radius 2 is 2.05 bits per heavy atom. The first-order chi connectivity index (χ1) is 10.5. The van der Waals surface area contributed by atoms with Crippen molar-refractivity contribution < 1.29 is 14.3 Å². The summed E-state index contributed by atoms with van der Waals surface area (Å²) in [5, 5.41) is 0.838. The second-order valence-electron chi connectivity index (χ2n) is 6.25. The van der Waals surface area contributed by atoms with Crippen molar-refractivity contribution in [1.82, 2.24) is 9.88 Å². The van der Waals surface area contributed by atoms with Gasteiger partial charge in [0.05, 0.1) is 11.6 Å². The SMILES string of the molecule is Cc1nc(COC(=O)C2CCCN(C(=O)C3CC3)C2)sc1C. The van der Waals surface area contributed by atoms with E-state index in [0.717, 1.165) is 47.8 Å². The van der Waals surface area contributed by atoms with E-state index >= 15 is 0 Å². The zero-order chi connectivity index (χ0) is 15.7. The molecular weight excluding hydrogens is 300 g/mol. The molecule has 0 bridgehead atoms. The van der Waals surface area contributed by atoms with Gasteiger partial charge in [0, 0.05) is 23.9 Å². The highest BCUT2D eigenvalue weighted by molar-refractivity contribution is 7.11. The van der Waals surface area contributed by atoms with Crippen LogP contribution in [0.15, 0.2) is 0 Å². The molecule has 1 saturated carbocycles. The van der Waals surface area contributed by atoms with Crippen molar-refractivity contribution in [2.24, 2.45) is 11.8 Å². The fourth-order valence-corrected chi connectivity index (χ4v) is 3.66. The molecule has 3 rings (SSSR count). The summed E-state index contributed by atoms with van der Waals surface area (Å²) in [4.78, 5) is 31.7. The van der Waals surface area contributed by atoms with E-state index < -0.39 is 0 Å². The van der Waals surface area contributed by atoms with Crippen LogP contribution in [0.25, 0.3) is 0 Å². The number of rotatable bonds is 4. The molecule has 120 valence electrons. The van der Waals surface area contributed by atoms with Gasteiger partial charge in [-0.1, -0.05) is 0 Å². The number of hydrogen-bond donors (Lipinski definition) is 0. The van der Waals surface area contributed by atoms with Crippen molar-refractivity contribution in [2.75, 3.05) is 13.1 Å². The van der Waals surface area contributed by atoms with Gasteiger partial charge in [0.1, 0.15) is 11.6 Å². The van der Waals surface area contributed by atoms with Gasteiger partial charge < -0.3 is 9.64 Å². The zero-order valence-corrected chi connectivity index (χ0v) is 13.9. The standard InChI is InChI=1S/C16H22N2O3S/c1-10-11(2)22-14(17-10)9-21-16(20)13-4-3-7-18(8-13)15(19)12-5-6-12/h12-13H,3-9H2,1-2H3. The molecule has 2 heterocycles. The maximum atomic E-state index is 12.2. The Morgan fingerprint density at radius 1 is 1.27 bits per heavy atom. The maximum Gasteiger partial charge on any atom is 0.311 e. The van der Waals surface area contributed by atoms with E-state index in [0.29, 0.717) is 6.54 Å². The predicted molar refractivity (Wildman–Crippen MR) is 83.4 cm³/mol. The molecule has 2 aliphatic rings. The molecule has 1 atom stereocenters. The topological polar surface area (TPSA) is 59.5 Å². The van der Waals surface area contributed by atoms with Crippen LogP contribution in [0.1, 0.15) is 41.3 Å². The lowest BCUT2D eigenvalue weighted by Crippen LogP contribution is -2.43. The number of esters is 1. The smallest absolute Gasteiger partial charge is 0.311 e. The van der Waals surface area contributed by atoms with Crippen LogP contribution in [0.3, 0.4) is 0 Å². The molecule has 1 aromatic heterocycles. The lowest BCUT2D eigenvalue weighted by Gasteiger charge is -2.31. The number of carbonyl (C=O) groups is 2. The number of aromatic nitrogens is 1. The first-order valence-corrected chi connectivity index (χ1v) is 8.74. The Hall–Kier alpha value is -1.43. The quantitative estimate of drug-likeness (QED) is 0.799. The van der Waals surface area contributed by atoms with Crippen molar-refractivity contribution in [2.45, 2.75) is 46.1 Å². The lowest BCUT2D eigenvalue weighted by atomic mass is 9.98. The fourth-order valence-electron chi connectivity index (χ4n) is 2.81. The Morgan fingerprint density at radius 3 is 2.68 bits per heavy atom. The molecule has 1 aliphatic heterocycles. The van der Waals surface area contributed by atoms with Crippen LogP contribution in [-0.4, -0.2) is 34.8 Å². The number of thiazole rings is 1. The molecule has 1 saturated heterocycles. The molecule has 6 heteroatoms. The van der Waals surface area contributed by atoms with Crippen molar-refractivity contribution in [1.29, 1.82) is 0 Å². The second kappa shape index (κ2) is 6.36. The lowest BCUT2D eigenvalue weighted by molar-refractivity contribution is -0.153. The highest BCUT2D eigenvalue weighted by atomic mass is 32.1. The Bertz CT molecular complexity index is 560. The van der Waals surface area contributed by atoms with E-state index in [9.17, 15) is 9.59 Å². The number of hydrogen-bond acceptors (Lipinski definition) is 5. The summed E-state index contributed by atoms with van der Waals surface area (Å²) in [5.41, 5.74) is 0.995. The minimum atomic E-state index is -0.196. The monoisotopic (exact) mass is 322 g/mol. The van der Waals surface area contributed by atoms with Crippen LogP contribution in [0.4, 0.5) is 0 Å². The van der Waals surface area contributed by atoms with Crippen molar-refractivity contribution in [3.05, 3.63) is 15.6 Å². The number of carbonyl (C=O) groups excluding carboxylic acids is 2. The third-order valence-corrected chi connectivity index (χ3v) is 5.45. The third kappa shape index (κ3) is 3.48. The minimum Gasteiger partial charge on any atom is -0.458 e. The number of nitrogens with zero attached hydrogens (tertiary/aromatic N) is 2. The number of ether oxygens (including phenoxy) is 1. The van der Waals surface area contributed by atoms with Crippen LogP contribution in [0.5, 0.6) is 0 Å². The summed E-state index contributed by atoms with van der Waals surface area (Å²) in [6.07, 6.45) is 3.71. The molecule has 5 nitrogen and oxygen atoms in total. The zero-order valence-electron chi connectivity index (χ0n) is 13.1. The number of piperidine rings is 1. The number of aryl methyl sites for hydroxylation is 2. The van der Waals surface area contributed by atoms with Gasteiger partial charge in [-0.2, -0.15) is 0 Å². The van der Waals surface area contributed by atoms with E-state index in [-0.39, 0.29) is 30.3 Å². The number of amides is 1. The average Bonchev–Trinajstić information content (AvgIpc) is 3.31. The largest absolute Gasteiger partial charge is 0.458 e. The first kappa shape index (κ1) is 15.5. The Labute approximate surface area is 134 Å². The highest BCUT2D eigenvalue weighted by Crippen LogP contribution is 2.32. The fraction of sp³-hybridized carbons (Fsp3) is 0.688. The highest BCUT2D eigenvalue weighted by Gasteiger charge is 2.37. The van der Waals surface area contributed by atoms with Crippen LogP contribution < -0.4 is 0 Å². The van der Waals surface area contributed by atoms with Gasteiger partial charge in [-0.15, -0.1) is 11.3 Å². The molecule has 2 fully saturated rings. The second-order valence-corrected chi connectivity index (χ2v) is 7.54. The number of likely N-dealkylation sites (tertiary alicyclic amines) is 1. The van der Waals surface area contributed by atoms with Gasteiger partial charge in [-0.25, -0.2) is 4.98 Å². The van der Waals surface area contributed by atoms with E-state index in [1.807, 2.05) is 18.7 Å². The molecule has 0 spiro atoms. The van der Waals surface area contributed by atoms with Gasteiger partial charge in [-0.05, 0) is 39.5 Å². The molecule has 22 heavy (non-hydrogen) atoms. The average molecular weight is 322 g/mol. The van der Waals surface area contributed by atoms with Gasteiger partial charge in [0.2, 0.25) is 5.91 Å². The third-order valence-electron chi connectivity index (χ3n) is 4.40. The van der Waals surface area contributed by atoms with Crippen LogP contribution >= 0.6 is 11.3 Å². The minimum absolute atomic E-state index is 0.182. The van der Waals surface area contributed by atoms with Crippen LogP contribution in [0.2, 0.25) is 0 Å². The summed E-state index contributed by atoms with van der Waals surface area (Å²) < 4.78 is 5.41. The van der Waals surface area contributed by atoms with Gasteiger partial charge in [0.15, 0.2) is 0 Å². The summed E-state index contributed by atoms with van der Waals surface area (Å²) in [6.45, 7) is 5.51. The van der Waals surface area contributed by atoms with Gasteiger partial charge in [0.25, 0.3) is 0 Å². The Kier molecular flexibility index (Phi) is 4.47. The maximum absolute atomic E-state index is 12.2.